The number of aromatic nitrogens is 2. The molecule has 7 aromatic rings. The standard InChI is InChI=1S/C53H51N5.C7H8/c1-6-7-22-50(38(3)54-5)57(36-40-16-9-8-10-17-40)45-31-29-43(30-32-45)42-27-25-41(26-28-42)37(2)56-53-39(4)55-34-33-47(53)44-18-15-19-46(35-44)58-51-23-13-11-20-48(51)49-21-12-14-24-52(49)58;1-7-5-3-2-4-6-7/h7-11,13-20,22-27,29-35,42H,5-6,12,21,28,36H2,1-4H3;2-6H,1H3/b22-7-,50-38-,56-37?;. The van der Waals surface area contributed by atoms with Crippen LogP contribution in [0.5, 0.6) is 0 Å². The molecule has 0 aliphatic heterocycles. The lowest BCUT2D eigenvalue weighted by Gasteiger charge is -2.28. The van der Waals surface area contributed by atoms with E-state index in [1.165, 1.54) is 38.9 Å². The number of benzene rings is 5. The number of pyridine rings is 1. The van der Waals surface area contributed by atoms with Crippen LogP contribution in [0, 0.1) is 13.8 Å². The third kappa shape index (κ3) is 10.2. The van der Waals surface area contributed by atoms with E-state index in [9.17, 15) is 0 Å². The molecule has 2 aliphatic carbocycles. The zero-order valence-electron chi connectivity index (χ0n) is 38.5. The largest absolute Gasteiger partial charge is 0.336 e. The van der Waals surface area contributed by atoms with Crippen LogP contribution < -0.4 is 4.90 Å². The molecule has 0 radical (unpaired) electrons. The van der Waals surface area contributed by atoms with Crippen LogP contribution in [0.4, 0.5) is 11.4 Å². The van der Waals surface area contributed by atoms with Gasteiger partial charge >= 0.3 is 0 Å². The number of anilines is 1. The van der Waals surface area contributed by atoms with Crippen LogP contribution >= 0.6 is 0 Å². The number of para-hydroxylation sites is 1. The van der Waals surface area contributed by atoms with Crippen molar-refractivity contribution in [1.82, 2.24) is 9.55 Å². The molecule has 2 aromatic heterocycles. The molecule has 9 rings (SSSR count). The van der Waals surface area contributed by atoms with E-state index in [1.54, 1.807) is 0 Å². The smallest absolute Gasteiger partial charge is 0.0923 e. The van der Waals surface area contributed by atoms with Gasteiger partial charge in [0.05, 0.1) is 28.3 Å². The first-order chi connectivity index (χ1) is 31.8. The van der Waals surface area contributed by atoms with Crippen molar-refractivity contribution in [2.24, 2.45) is 9.98 Å². The number of allylic oxidation sites excluding steroid dienone is 8. The van der Waals surface area contributed by atoms with Crippen LogP contribution in [0.2, 0.25) is 0 Å². The zero-order valence-corrected chi connectivity index (χ0v) is 38.5. The predicted octanol–water partition coefficient (Wildman–Crippen LogP) is 15.6. The van der Waals surface area contributed by atoms with Gasteiger partial charge < -0.3 is 9.47 Å². The number of hydrogen-bond donors (Lipinski definition) is 0. The topological polar surface area (TPSA) is 45.8 Å². The number of rotatable bonds is 12. The van der Waals surface area contributed by atoms with Gasteiger partial charge in [-0.25, -0.2) is 0 Å². The highest BCUT2D eigenvalue weighted by Crippen LogP contribution is 2.38. The molecule has 5 heteroatoms. The molecule has 0 saturated carbocycles. The van der Waals surface area contributed by atoms with E-state index in [-0.39, 0.29) is 5.92 Å². The Labute approximate surface area is 386 Å². The summed E-state index contributed by atoms with van der Waals surface area (Å²) in [5, 5.41) is 1.34. The van der Waals surface area contributed by atoms with Crippen molar-refractivity contribution < 1.29 is 0 Å². The lowest BCUT2D eigenvalue weighted by atomic mass is 9.89. The molecule has 65 heavy (non-hydrogen) atoms. The van der Waals surface area contributed by atoms with Gasteiger partial charge in [0.1, 0.15) is 0 Å². The van der Waals surface area contributed by atoms with Crippen molar-refractivity contribution in [1.29, 1.82) is 0 Å². The van der Waals surface area contributed by atoms with Gasteiger partial charge in [0, 0.05) is 52.4 Å². The molecule has 1 atom stereocenters. The normalized spacial score (nSPS) is 14.9. The molecule has 1 unspecified atom stereocenters. The second kappa shape index (κ2) is 20.9. The Balaban J connectivity index is 0.000000753. The monoisotopic (exact) mass is 849 g/mol. The lowest BCUT2D eigenvalue weighted by molar-refractivity contribution is 0.847. The van der Waals surface area contributed by atoms with Gasteiger partial charge in [-0.2, -0.15) is 0 Å². The lowest BCUT2D eigenvalue weighted by Crippen LogP contribution is -2.22. The summed E-state index contributed by atoms with van der Waals surface area (Å²) < 4.78 is 2.41. The minimum atomic E-state index is 0.281. The SMILES string of the molecule is C=N/C(C)=C(/C=C\CC)N(Cc1ccccc1)c1ccc(C2C=CC(C(C)=Nc3c(-c4cccc(-n5c6c(c7ccccc75)CCC=C6)c4)ccnc3C)=CC2)cc1.Cc1ccccc1. The summed E-state index contributed by atoms with van der Waals surface area (Å²) in [5.41, 5.74) is 18.2. The van der Waals surface area contributed by atoms with E-state index >= 15 is 0 Å². The molecule has 2 heterocycles. The van der Waals surface area contributed by atoms with Gasteiger partial charge in [0.2, 0.25) is 0 Å². The van der Waals surface area contributed by atoms with Crippen LogP contribution in [0.25, 0.3) is 33.8 Å². The number of fused-ring (bicyclic) bond motifs is 3. The van der Waals surface area contributed by atoms with Crippen LogP contribution in [0.1, 0.15) is 79.6 Å². The number of aliphatic imine (C=N–C) groups is 2. The highest BCUT2D eigenvalue weighted by atomic mass is 15.1. The summed E-state index contributed by atoms with van der Waals surface area (Å²) in [4.78, 5) is 16.6. The molecular formula is C60H59N5. The Morgan fingerprint density at radius 1 is 0.846 bits per heavy atom. The summed E-state index contributed by atoms with van der Waals surface area (Å²) in [6.07, 6.45) is 21.7. The Morgan fingerprint density at radius 3 is 2.31 bits per heavy atom. The first-order valence-corrected chi connectivity index (χ1v) is 22.9. The zero-order chi connectivity index (χ0) is 45.1. The summed E-state index contributed by atoms with van der Waals surface area (Å²) in [7, 11) is 0. The second-order valence-corrected chi connectivity index (χ2v) is 16.8. The summed E-state index contributed by atoms with van der Waals surface area (Å²) >= 11 is 0. The highest BCUT2D eigenvalue weighted by Gasteiger charge is 2.20. The van der Waals surface area contributed by atoms with E-state index in [2.05, 4.69) is 213 Å². The molecule has 0 bridgehead atoms. The molecule has 5 aromatic carbocycles. The maximum absolute atomic E-state index is 5.28. The van der Waals surface area contributed by atoms with Crippen molar-refractivity contribution >= 4 is 40.8 Å². The van der Waals surface area contributed by atoms with Crippen LogP contribution in [0.3, 0.4) is 0 Å². The van der Waals surface area contributed by atoms with Gasteiger partial charge in [-0.15, -0.1) is 0 Å². The maximum atomic E-state index is 5.28. The van der Waals surface area contributed by atoms with E-state index in [1.807, 2.05) is 31.3 Å². The second-order valence-electron chi connectivity index (χ2n) is 16.8. The molecule has 0 N–H and O–H groups in total. The maximum Gasteiger partial charge on any atom is 0.0923 e. The van der Waals surface area contributed by atoms with Crippen LogP contribution in [-0.4, -0.2) is 22.0 Å². The summed E-state index contributed by atoms with van der Waals surface area (Å²) in [5.74, 6) is 0.281. The van der Waals surface area contributed by atoms with Gasteiger partial charge in [0.15, 0.2) is 0 Å². The molecule has 0 fully saturated rings. The van der Waals surface area contributed by atoms with Crippen molar-refractivity contribution in [2.45, 2.75) is 72.8 Å². The third-order valence-corrected chi connectivity index (χ3v) is 12.3. The number of hydrogen-bond acceptors (Lipinski definition) is 4. The number of nitrogens with zero attached hydrogens (tertiary/aromatic N) is 5. The average molecular weight is 850 g/mol. The van der Waals surface area contributed by atoms with E-state index in [4.69, 9.17) is 9.98 Å². The van der Waals surface area contributed by atoms with Crippen molar-refractivity contribution in [3.63, 3.8) is 0 Å². The molecular weight excluding hydrogens is 791 g/mol. The van der Waals surface area contributed by atoms with E-state index < -0.39 is 0 Å². The van der Waals surface area contributed by atoms with Crippen molar-refractivity contribution in [3.8, 4) is 16.8 Å². The molecule has 0 saturated heterocycles. The Bertz CT molecular complexity index is 2960. The Hall–Kier alpha value is -7.37. The predicted molar refractivity (Wildman–Crippen MR) is 278 cm³/mol. The highest BCUT2D eigenvalue weighted by molar-refractivity contribution is 6.03. The van der Waals surface area contributed by atoms with Gasteiger partial charge in [-0.05, 0) is 136 Å². The number of aryl methyl sites for hydroxylation is 3. The van der Waals surface area contributed by atoms with E-state index in [0.717, 1.165) is 88.8 Å². The van der Waals surface area contributed by atoms with Crippen molar-refractivity contribution in [2.75, 3.05) is 4.90 Å². The minimum Gasteiger partial charge on any atom is -0.336 e. The van der Waals surface area contributed by atoms with E-state index in [0.29, 0.717) is 0 Å². The third-order valence-electron chi connectivity index (χ3n) is 12.3. The average Bonchev–Trinajstić information content (AvgIpc) is 3.69. The fourth-order valence-electron chi connectivity index (χ4n) is 8.81. The fourth-order valence-corrected chi connectivity index (χ4v) is 8.81. The summed E-state index contributed by atoms with van der Waals surface area (Å²) in [6, 6.07) is 49.6. The quantitative estimate of drug-likeness (QED) is 0.0908. The van der Waals surface area contributed by atoms with Gasteiger partial charge in [0.25, 0.3) is 0 Å². The fraction of sp³-hybridized carbons (Fsp3) is 0.183. The first-order valence-electron chi connectivity index (χ1n) is 22.9. The summed E-state index contributed by atoms with van der Waals surface area (Å²) in [6.45, 7) is 15.0. The van der Waals surface area contributed by atoms with Gasteiger partial charge in [-0.1, -0.05) is 146 Å². The minimum absolute atomic E-state index is 0.281. The first kappa shape index (κ1) is 44.2. The Kier molecular flexibility index (Phi) is 14.2. The molecule has 2 aliphatic rings. The van der Waals surface area contributed by atoms with Gasteiger partial charge in [-0.3, -0.25) is 15.0 Å². The van der Waals surface area contributed by atoms with Crippen molar-refractivity contribution in [3.05, 3.63) is 233 Å². The van der Waals surface area contributed by atoms with Crippen LogP contribution in [-0.2, 0) is 13.0 Å². The Morgan fingerprint density at radius 2 is 1.60 bits per heavy atom. The van der Waals surface area contributed by atoms with Crippen LogP contribution in [0.15, 0.2) is 209 Å². The molecule has 5 nitrogen and oxygen atoms in total. The molecule has 0 amide bonds. The molecule has 0 spiro atoms. The molecule has 324 valence electrons.